The third-order valence-electron chi connectivity index (χ3n) is 3.38. The molecule has 2 aromatic rings. The highest BCUT2D eigenvalue weighted by molar-refractivity contribution is 5.67. The molecule has 4 nitrogen and oxygen atoms in total. The molecule has 1 aromatic heterocycles. The molecule has 0 aliphatic rings. The molecule has 116 valence electrons. The van der Waals surface area contributed by atoms with E-state index in [9.17, 15) is 4.79 Å². The standard InChI is InChI=1S/C18H22N2O2/c1-2-3-14-22-18(21)20-13-8-15-4-6-16(7-5-15)17-9-11-19-12-10-17/h4-7,9-12H,2-3,8,13-14H2,1H3,(H,20,21). The van der Waals surface area contributed by atoms with E-state index in [-0.39, 0.29) is 6.09 Å². The van der Waals surface area contributed by atoms with Crippen LogP contribution in [0.3, 0.4) is 0 Å². The quantitative estimate of drug-likeness (QED) is 0.791. The third-order valence-corrected chi connectivity index (χ3v) is 3.38. The first-order valence-electron chi connectivity index (χ1n) is 7.69. The summed E-state index contributed by atoms with van der Waals surface area (Å²) in [4.78, 5) is 15.4. The van der Waals surface area contributed by atoms with Gasteiger partial charge in [-0.2, -0.15) is 0 Å². The van der Waals surface area contributed by atoms with Crippen molar-refractivity contribution in [1.29, 1.82) is 0 Å². The van der Waals surface area contributed by atoms with Crippen molar-refractivity contribution in [3.63, 3.8) is 0 Å². The highest BCUT2D eigenvalue weighted by atomic mass is 16.5. The van der Waals surface area contributed by atoms with Gasteiger partial charge in [-0.1, -0.05) is 37.6 Å². The van der Waals surface area contributed by atoms with Crippen molar-refractivity contribution in [1.82, 2.24) is 10.3 Å². The van der Waals surface area contributed by atoms with Gasteiger partial charge in [0, 0.05) is 18.9 Å². The molecule has 1 aromatic carbocycles. The number of hydrogen-bond acceptors (Lipinski definition) is 3. The molecule has 1 heterocycles. The number of nitrogens with zero attached hydrogens (tertiary/aromatic N) is 1. The minimum Gasteiger partial charge on any atom is -0.450 e. The van der Waals surface area contributed by atoms with Crippen LogP contribution < -0.4 is 5.32 Å². The second-order valence-electron chi connectivity index (χ2n) is 5.10. The van der Waals surface area contributed by atoms with Crippen LogP contribution in [-0.4, -0.2) is 24.2 Å². The van der Waals surface area contributed by atoms with Gasteiger partial charge in [-0.15, -0.1) is 0 Å². The Bertz CT molecular complexity index is 567. The molecule has 0 atom stereocenters. The number of carbonyl (C=O) groups excluding carboxylic acids is 1. The number of carbonyl (C=O) groups is 1. The fraction of sp³-hybridized carbons (Fsp3) is 0.333. The number of unbranched alkanes of at least 4 members (excludes halogenated alkanes) is 1. The molecule has 0 saturated heterocycles. The molecule has 1 amide bonds. The molecular formula is C18H22N2O2. The number of nitrogens with one attached hydrogen (secondary N) is 1. The third kappa shape index (κ3) is 5.20. The zero-order valence-corrected chi connectivity index (χ0v) is 12.9. The first kappa shape index (κ1) is 16.0. The van der Waals surface area contributed by atoms with Crippen LogP contribution in [-0.2, 0) is 11.2 Å². The summed E-state index contributed by atoms with van der Waals surface area (Å²) in [6.45, 7) is 3.14. The Morgan fingerprint density at radius 1 is 1.09 bits per heavy atom. The number of rotatable bonds is 7. The number of pyridine rings is 1. The van der Waals surface area contributed by atoms with Crippen molar-refractivity contribution in [2.45, 2.75) is 26.2 Å². The Kier molecular flexibility index (Phi) is 6.42. The van der Waals surface area contributed by atoms with Gasteiger partial charge >= 0.3 is 6.09 Å². The molecule has 0 aliphatic heterocycles. The normalized spacial score (nSPS) is 10.2. The van der Waals surface area contributed by atoms with E-state index in [4.69, 9.17) is 4.74 Å². The SMILES string of the molecule is CCCCOC(=O)NCCc1ccc(-c2ccncc2)cc1. The van der Waals surface area contributed by atoms with Crippen LogP contribution in [0.1, 0.15) is 25.3 Å². The average molecular weight is 298 g/mol. The van der Waals surface area contributed by atoms with Crippen LogP contribution in [0, 0.1) is 0 Å². The first-order valence-corrected chi connectivity index (χ1v) is 7.69. The highest BCUT2D eigenvalue weighted by Gasteiger charge is 2.01. The Hall–Kier alpha value is -2.36. The summed E-state index contributed by atoms with van der Waals surface area (Å²) in [5.74, 6) is 0. The van der Waals surface area contributed by atoms with E-state index >= 15 is 0 Å². The molecule has 0 fully saturated rings. The zero-order chi connectivity index (χ0) is 15.6. The smallest absolute Gasteiger partial charge is 0.407 e. The second kappa shape index (κ2) is 8.82. The van der Waals surface area contributed by atoms with Crippen LogP contribution in [0.15, 0.2) is 48.8 Å². The maximum atomic E-state index is 11.4. The molecule has 4 heteroatoms. The van der Waals surface area contributed by atoms with Gasteiger partial charge < -0.3 is 10.1 Å². The largest absolute Gasteiger partial charge is 0.450 e. The first-order chi connectivity index (χ1) is 10.8. The number of amides is 1. The van der Waals surface area contributed by atoms with Crippen LogP contribution in [0.2, 0.25) is 0 Å². The van der Waals surface area contributed by atoms with Gasteiger partial charge in [0.1, 0.15) is 0 Å². The molecule has 0 aliphatic carbocycles. The van der Waals surface area contributed by atoms with E-state index in [0.29, 0.717) is 13.2 Å². The lowest BCUT2D eigenvalue weighted by Gasteiger charge is -2.07. The van der Waals surface area contributed by atoms with Crippen molar-refractivity contribution >= 4 is 6.09 Å². The lowest BCUT2D eigenvalue weighted by molar-refractivity contribution is 0.144. The van der Waals surface area contributed by atoms with E-state index < -0.39 is 0 Å². The van der Waals surface area contributed by atoms with Gasteiger partial charge in [0.2, 0.25) is 0 Å². The van der Waals surface area contributed by atoms with Crippen LogP contribution in [0.5, 0.6) is 0 Å². The number of hydrogen-bond donors (Lipinski definition) is 1. The van der Waals surface area contributed by atoms with Crippen molar-refractivity contribution in [3.8, 4) is 11.1 Å². The van der Waals surface area contributed by atoms with Gasteiger partial charge in [0.05, 0.1) is 6.61 Å². The monoisotopic (exact) mass is 298 g/mol. The highest BCUT2D eigenvalue weighted by Crippen LogP contribution is 2.18. The summed E-state index contributed by atoms with van der Waals surface area (Å²) >= 11 is 0. The van der Waals surface area contributed by atoms with Crippen molar-refractivity contribution in [2.24, 2.45) is 0 Å². The fourth-order valence-corrected chi connectivity index (χ4v) is 2.08. The van der Waals surface area contributed by atoms with Gasteiger partial charge in [-0.05, 0) is 41.7 Å². The minimum absolute atomic E-state index is 0.332. The van der Waals surface area contributed by atoms with E-state index in [1.54, 1.807) is 12.4 Å². The summed E-state index contributed by atoms with van der Waals surface area (Å²) in [7, 11) is 0. The Labute approximate surface area is 131 Å². The maximum Gasteiger partial charge on any atom is 0.407 e. The van der Waals surface area contributed by atoms with E-state index in [1.165, 1.54) is 5.56 Å². The lowest BCUT2D eigenvalue weighted by Crippen LogP contribution is -2.26. The van der Waals surface area contributed by atoms with Crippen molar-refractivity contribution in [2.75, 3.05) is 13.2 Å². The Morgan fingerprint density at radius 2 is 1.77 bits per heavy atom. The molecule has 0 bridgehead atoms. The van der Waals surface area contributed by atoms with Gasteiger partial charge in [-0.25, -0.2) is 4.79 Å². The predicted octanol–water partition coefficient (Wildman–Crippen LogP) is 3.82. The molecular weight excluding hydrogens is 276 g/mol. The molecule has 0 spiro atoms. The molecule has 0 radical (unpaired) electrons. The Balaban J connectivity index is 1.76. The summed E-state index contributed by atoms with van der Waals surface area (Å²) < 4.78 is 5.04. The maximum absolute atomic E-state index is 11.4. The van der Waals surface area contributed by atoms with Crippen LogP contribution in [0.25, 0.3) is 11.1 Å². The van der Waals surface area contributed by atoms with E-state index in [0.717, 1.165) is 30.4 Å². The van der Waals surface area contributed by atoms with E-state index in [1.807, 2.05) is 12.1 Å². The zero-order valence-electron chi connectivity index (χ0n) is 12.9. The van der Waals surface area contributed by atoms with Crippen LogP contribution >= 0.6 is 0 Å². The van der Waals surface area contributed by atoms with Crippen LogP contribution in [0.4, 0.5) is 4.79 Å². The molecule has 22 heavy (non-hydrogen) atoms. The molecule has 0 saturated carbocycles. The summed E-state index contributed by atoms with van der Waals surface area (Å²) in [5.41, 5.74) is 3.50. The number of ether oxygens (including phenoxy) is 1. The lowest BCUT2D eigenvalue weighted by atomic mass is 10.0. The summed E-state index contributed by atoms with van der Waals surface area (Å²) in [5, 5.41) is 2.77. The molecule has 1 N–H and O–H groups in total. The van der Waals surface area contributed by atoms with E-state index in [2.05, 4.69) is 41.5 Å². The number of alkyl carbamates (subject to hydrolysis) is 1. The minimum atomic E-state index is -0.332. The number of benzene rings is 1. The average Bonchev–Trinajstić information content (AvgIpc) is 2.57. The second-order valence-corrected chi connectivity index (χ2v) is 5.10. The number of aromatic nitrogens is 1. The summed E-state index contributed by atoms with van der Waals surface area (Å²) in [6, 6.07) is 12.3. The summed E-state index contributed by atoms with van der Waals surface area (Å²) in [6.07, 6.45) is 5.97. The predicted molar refractivity (Wildman–Crippen MR) is 87.6 cm³/mol. The topological polar surface area (TPSA) is 51.2 Å². The fourth-order valence-electron chi connectivity index (χ4n) is 2.08. The van der Waals surface area contributed by atoms with Crippen molar-refractivity contribution in [3.05, 3.63) is 54.4 Å². The Morgan fingerprint density at radius 3 is 2.45 bits per heavy atom. The van der Waals surface area contributed by atoms with Gasteiger partial charge in [-0.3, -0.25) is 4.98 Å². The van der Waals surface area contributed by atoms with Crippen molar-refractivity contribution < 1.29 is 9.53 Å². The molecule has 2 rings (SSSR count). The molecule has 0 unspecified atom stereocenters. The van der Waals surface area contributed by atoms with Gasteiger partial charge in [0.15, 0.2) is 0 Å². The van der Waals surface area contributed by atoms with Gasteiger partial charge in [0.25, 0.3) is 0 Å².